The van der Waals surface area contributed by atoms with Gasteiger partial charge in [0.05, 0.1) is 38.3 Å². The van der Waals surface area contributed by atoms with Crippen LogP contribution in [0.5, 0.6) is 0 Å². The number of methoxy groups -OCH3 is 3. The molecule has 12 heteroatoms. The molecule has 0 fully saturated rings. The largest absolute Gasteiger partial charge is 0.466 e. The smallest absolute Gasteiger partial charge is 0.330 e. The quantitative estimate of drug-likeness (QED) is 0.0325. The fourth-order valence-corrected chi connectivity index (χ4v) is 6.63. The second-order valence-electron chi connectivity index (χ2n) is 17.1. The number of carbonyl (C=O) groups is 6. The molecule has 5 unspecified atom stereocenters. The summed E-state index contributed by atoms with van der Waals surface area (Å²) in [5, 5.41) is 0. The van der Waals surface area contributed by atoms with Crippen LogP contribution in [0.2, 0.25) is 0 Å². The fourth-order valence-electron chi connectivity index (χ4n) is 6.63. The van der Waals surface area contributed by atoms with Crippen molar-refractivity contribution in [2.45, 2.75) is 139 Å². The molecule has 0 bridgehead atoms. The lowest BCUT2D eigenvalue weighted by Gasteiger charge is -2.30. The van der Waals surface area contributed by atoms with Crippen molar-refractivity contribution >= 4 is 41.3 Å². The summed E-state index contributed by atoms with van der Waals surface area (Å²) < 4.78 is 29.5. The van der Waals surface area contributed by atoms with Crippen molar-refractivity contribution in [3.63, 3.8) is 0 Å². The first-order valence-corrected chi connectivity index (χ1v) is 25.3. The van der Waals surface area contributed by atoms with Gasteiger partial charge in [0, 0.05) is 53.0 Å². The van der Waals surface area contributed by atoms with Crippen molar-refractivity contribution in [1.29, 1.82) is 0 Å². The van der Waals surface area contributed by atoms with Crippen LogP contribution in [0.4, 0.5) is 0 Å². The number of ketones is 3. The minimum atomic E-state index is -0.637. The molecule has 3 rings (SSSR count). The Balaban J connectivity index is -0.00000105. The molecule has 0 saturated heterocycles. The van der Waals surface area contributed by atoms with Crippen LogP contribution >= 0.6 is 0 Å². The van der Waals surface area contributed by atoms with Crippen molar-refractivity contribution in [3.8, 4) is 0 Å². The third-order valence-corrected chi connectivity index (χ3v) is 10.5. The van der Waals surface area contributed by atoms with E-state index < -0.39 is 29.7 Å². The Labute approximate surface area is 434 Å². The summed E-state index contributed by atoms with van der Waals surface area (Å²) >= 11 is 0. The highest BCUT2D eigenvalue weighted by molar-refractivity contribution is 5.94. The van der Waals surface area contributed by atoms with Gasteiger partial charge in [-0.05, 0) is 115 Å². The molecule has 0 spiro atoms. The summed E-state index contributed by atoms with van der Waals surface area (Å²) in [7, 11) is 5.18. The fraction of sp³-hybridized carbons (Fsp3) is 0.533. The molecule has 404 valence electrons. The molecule has 0 aliphatic carbocycles. The summed E-state index contributed by atoms with van der Waals surface area (Å²) in [6, 6.07) is 29.3. The number of Topliss-reactive ketones (excluding diaryl/α,β-unsaturated/α-hetero) is 2. The van der Waals surface area contributed by atoms with Gasteiger partial charge in [-0.1, -0.05) is 138 Å². The van der Waals surface area contributed by atoms with E-state index >= 15 is 0 Å². The summed E-state index contributed by atoms with van der Waals surface area (Å²) in [5.41, 5.74) is 3.06. The molecule has 0 aliphatic rings. The highest BCUT2D eigenvalue weighted by Gasteiger charge is 2.35. The predicted molar refractivity (Wildman–Crippen MR) is 292 cm³/mol. The molecular weight excluding hydrogens is 913 g/mol. The molecule has 5 atom stereocenters. The minimum absolute atomic E-state index is 0.00646. The Bertz CT molecular complexity index is 1850. The van der Waals surface area contributed by atoms with E-state index in [-0.39, 0.29) is 55.2 Å². The number of rotatable bonds is 26. The van der Waals surface area contributed by atoms with Crippen LogP contribution < -0.4 is 0 Å². The molecule has 72 heavy (non-hydrogen) atoms. The zero-order chi connectivity index (χ0) is 55.1. The second kappa shape index (κ2) is 47.7. The van der Waals surface area contributed by atoms with Crippen molar-refractivity contribution in [1.82, 2.24) is 0 Å². The lowest BCUT2D eigenvalue weighted by atomic mass is 9.74. The Hall–Kier alpha value is -5.56. The van der Waals surface area contributed by atoms with Gasteiger partial charge in [0.1, 0.15) is 11.6 Å². The highest BCUT2D eigenvalue weighted by Crippen LogP contribution is 2.39. The Morgan fingerprint density at radius 3 is 1.39 bits per heavy atom. The SMILES string of the molecule is C=Cc1ccccc1.CCC(C)OC.CCCCOC.CCOC(=O)/C=C/C(C)=O.CCOC(=O)CC(C(C)=O)C(CCC(c1ccccc1)C(CC(C)=O)C(=O)OCC)c1ccccc1.COCC(C)C. The van der Waals surface area contributed by atoms with Gasteiger partial charge in [-0.15, -0.1) is 0 Å². The van der Waals surface area contributed by atoms with Crippen LogP contribution in [0.25, 0.3) is 6.08 Å². The maximum atomic E-state index is 13.0. The molecule has 0 heterocycles. The number of benzene rings is 3. The lowest BCUT2D eigenvalue weighted by molar-refractivity contribution is -0.150. The van der Waals surface area contributed by atoms with Gasteiger partial charge in [-0.3, -0.25) is 19.2 Å². The number of hydrogen-bond acceptors (Lipinski definition) is 12. The van der Waals surface area contributed by atoms with E-state index in [1.807, 2.05) is 97.1 Å². The molecule has 0 aliphatic heterocycles. The lowest BCUT2D eigenvalue weighted by Crippen LogP contribution is -2.29. The maximum absolute atomic E-state index is 13.0. The minimum Gasteiger partial charge on any atom is -0.466 e. The molecule has 3 aromatic rings. The van der Waals surface area contributed by atoms with Crippen molar-refractivity contribution in [3.05, 3.63) is 126 Å². The summed E-state index contributed by atoms with van der Waals surface area (Å²) in [6.07, 6.45) is 9.24. The second-order valence-corrected chi connectivity index (χ2v) is 17.1. The van der Waals surface area contributed by atoms with Gasteiger partial charge in [0.25, 0.3) is 0 Å². The summed E-state index contributed by atoms with van der Waals surface area (Å²) in [4.78, 5) is 71.0. The molecule has 0 aromatic heterocycles. The van der Waals surface area contributed by atoms with E-state index in [9.17, 15) is 28.8 Å². The van der Waals surface area contributed by atoms with Gasteiger partial charge in [0.2, 0.25) is 0 Å². The van der Waals surface area contributed by atoms with E-state index in [1.165, 1.54) is 45.3 Å². The average molecular weight is 1010 g/mol. The van der Waals surface area contributed by atoms with Gasteiger partial charge in [0.15, 0.2) is 5.78 Å². The van der Waals surface area contributed by atoms with E-state index in [0.717, 1.165) is 36.8 Å². The highest BCUT2D eigenvalue weighted by atomic mass is 16.5. The van der Waals surface area contributed by atoms with Crippen molar-refractivity contribution in [2.75, 3.05) is 54.4 Å². The first kappa shape index (κ1) is 70.7. The van der Waals surface area contributed by atoms with Gasteiger partial charge in [-0.25, -0.2) is 4.79 Å². The molecule has 3 aromatic carbocycles. The monoisotopic (exact) mass is 1000 g/mol. The Morgan fingerprint density at radius 2 is 1.08 bits per heavy atom. The summed E-state index contributed by atoms with van der Waals surface area (Å²) in [5.74, 6) is -2.65. The third-order valence-electron chi connectivity index (χ3n) is 10.5. The first-order chi connectivity index (χ1) is 34.4. The zero-order valence-electron chi connectivity index (χ0n) is 46.4. The van der Waals surface area contributed by atoms with Gasteiger partial charge < -0.3 is 33.2 Å². The van der Waals surface area contributed by atoms with Crippen LogP contribution in [0, 0.1) is 17.8 Å². The molecule has 0 amide bonds. The van der Waals surface area contributed by atoms with Crippen LogP contribution in [0.15, 0.2) is 110 Å². The average Bonchev–Trinajstić information content (AvgIpc) is 3.37. The van der Waals surface area contributed by atoms with Crippen LogP contribution in [-0.2, 0) is 57.2 Å². The normalized spacial score (nSPS) is 12.2. The first-order valence-electron chi connectivity index (χ1n) is 25.3. The van der Waals surface area contributed by atoms with E-state index in [0.29, 0.717) is 31.5 Å². The van der Waals surface area contributed by atoms with Crippen LogP contribution in [0.3, 0.4) is 0 Å². The number of carbonyl (C=O) groups excluding carboxylic acids is 6. The zero-order valence-corrected chi connectivity index (χ0v) is 46.4. The topological polar surface area (TPSA) is 158 Å². The molecule has 0 N–H and O–H groups in total. The molecular formula is C60H92O12. The van der Waals surface area contributed by atoms with E-state index in [4.69, 9.17) is 23.7 Å². The van der Waals surface area contributed by atoms with Gasteiger partial charge in [-0.2, -0.15) is 0 Å². The van der Waals surface area contributed by atoms with Crippen molar-refractivity contribution < 1.29 is 57.2 Å². The number of unbranched alkanes of at least 4 members (excludes halogenated alkanes) is 1. The number of esters is 3. The van der Waals surface area contributed by atoms with Crippen molar-refractivity contribution in [2.24, 2.45) is 17.8 Å². The summed E-state index contributed by atoms with van der Waals surface area (Å²) in [6.45, 7) is 26.4. The van der Waals surface area contributed by atoms with Gasteiger partial charge >= 0.3 is 17.9 Å². The Kier molecular flexibility index (Phi) is 46.9. The number of allylic oxidation sites excluding steroid dienone is 1. The number of hydrogen-bond donors (Lipinski definition) is 0. The maximum Gasteiger partial charge on any atom is 0.330 e. The number of ether oxygens (including phenoxy) is 6. The standard InChI is InChI=1S/C30H38O6.C8H8.C7H10O3.3C5H12O/c1-5-35-29(33)20-27(22(4)32)25(23-13-9-7-10-14-23)17-18-26(24-15-11-8-12-16-24)28(19-21(3)31)30(34)36-6-2;1-2-8-6-4-3-5-7-8;1-3-10-7(9)5-4-6(2)8;1-5(2)4-6-3;1-4-5(2)6-3;1-3-4-5-6-2/h7-16,25-28H,5-6,17-20H2,1-4H3;2-7H,1H2;4-5H,3H2,1-2H3;2*5H,4H2,1-3H3;3-5H2,1-2H3/b;;5-4+;;;. The molecule has 12 nitrogen and oxygen atoms in total. The third kappa shape index (κ3) is 39.1. The Morgan fingerprint density at radius 1 is 0.597 bits per heavy atom. The van der Waals surface area contributed by atoms with E-state index in [2.05, 4.69) is 45.9 Å². The molecule has 0 radical (unpaired) electrons. The molecule has 0 saturated carbocycles. The van der Waals surface area contributed by atoms with Crippen LogP contribution in [-0.4, -0.2) is 95.7 Å². The van der Waals surface area contributed by atoms with E-state index in [1.54, 1.807) is 42.1 Å². The van der Waals surface area contributed by atoms with Crippen LogP contribution in [0.1, 0.15) is 150 Å². The predicted octanol–water partition coefficient (Wildman–Crippen LogP) is 12.8.